The van der Waals surface area contributed by atoms with Gasteiger partial charge in [0.1, 0.15) is 0 Å². The molecule has 0 atom stereocenters. The number of unbranched alkanes of at least 4 members (excludes halogenated alkanes) is 7. The van der Waals surface area contributed by atoms with Gasteiger partial charge in [0.15, 0.2) is 0 Å². The smallest absolute Gasteiger partial charge is 0.0786 e. The number of likely N-dealkylation sites (tertiary alicyclic amines) is 1. The van der Waals surface area contributed by atoms with Crippen LogP contribution < -0.4 is 22.3 Å². The number of halogens is 2. The van der Waals surface area contributed by atoms with Gasteiger partial charge in [0.05, 0.1) is 26.7 Å². The Kier molecular flexibility index (Phi) is 20.1. The minimum Gasteiger partial charge on any atom is -1.00 e. The van der Waals surface area contributed by atoms with Gasteiger partial charge in [-0.1, -0.05) is 45.4 Å². The van der Waals surface area contributed by atoms with Gasteiger partial charge in [0.25, 0.3) is 0 Å². The Hall–Kier alpha value is 0.880. The predicted molar refractivity (Wildman–Crippen MR) is 105 cm³/mol. The summed E-state index contributed by atoms with van der Waals surface area (Å²) in [5.41, 5.74) is 0. The number of hydrogen-bond donors (Lipinski definition) is 1. The quantitative estimate of drug-likeness (QED) is 0.413. The van der Waals surface area contributed by atoms with Crippen LogP contribution in [0.4, 0.5) is 0 Å². The zero-order valence-electron chi connectivity index (χ0n) is 15.8. The van der Waals surface area contributed by atoms with Gasteiger partial charge in [-0.15, -0.1) is 17.0 Å². The molecule has 4 heteroatoms. The van der Waals surface area contributed by atoms with Crippen molar-refractivity contribution in [3.63, 3.8) is 0 Å². The Labute approximate surface area is 167 Å². The van der Waals surface area contributed by atoms with Crippen LogP contribution in [0.1, 0.15) is 84.0 Å². The van der Waals surface area contributed by atoms with E-state index in [0.29, 0.717) is 0 Å². The van der Waals surface area contributed by atoms with Crippen LogP contribution in [0.5, 0.6) is 0 Å². The van der Waals surface area contributed by atoms with Crippen LogP contribution in [0.2, 0.25) is 0 Å². The van der Waals surface area contributed by atoms with Gasteiger partial charge in [-0.2, -0.15) is 0 Å². The van der Waals surface area contributed by atoms with E-state index in [1.54, 1.807) is 0 Å². The standard InChI is InChI=1S/C15H32N.C4H9N.2BrH/c1-3-4-5-6-7-8-9-10-13-16(2)14-11-12-15-16;1-2-4-5-3-1;;/h3-15H2,1-2H3;5H,1-4H2;2*1H/q+1;;;/p-1. The van der Waals surface area contributed by atoms with Crippen molar-refractivity contribution in [1.29, 1.82) is 0 Å². The molecule has 2 rings (SSSR count). The molecule has 0 unspecified atom stereocenters. The first-order valence-corrected chi connectivity index (χ1v) is 9.81. The number of nitrogens with one attached hydrogen (secondary N) is 1. The van der Waals surface area contributed by atoms with E-state index in [4.69, 9.17) is 0 Å². The van der Waals surface area contributed by atoms with Gasteiger partial charge in [0.2, 0.25) is 0 Å². The van der Waals surface area contributed by atoms with Crippen molar-refractivity contribution >= 4 is 17.0 Å². The van der Waals surface area contributed by atoms with Gasteiger partial charge in [-0.25, -0.2) is 0 Å². The third kappa shape index (κ3) is 14.9. The molecule has 0 saturated carbocycles. The summed E-state index contributed by atoms with van der Waals surface area (Å²) >= 11 is 0. The van der Waals surface area contributed by atoms with Crippen molar-refractivity contribution in [2.24, 2.45) is 0 Å². The summed E-state index contributed by atoms with van der Waals surface area (Å²) < 4.78 is 1.37. The van der Waals surface area contributed by atoms with Crippen LogP contribution >= 0.6 is 17.0 Å². The molecule has 2 aliphatic heterocycles. The van der Waals surface area contributed by atoms with Crippen molar-refractivity contribution < 1.29 is 21.5 Å². The van der Waals surface area contributed by atoms with E-state index >= 15 is 0 Å². The summed E-state index contributed by atoms with van der Waals surface area (Å²) in [7, 11) is 2.45. The van der Waals surface area contributed by atoms with Crippen LogP contribution in [-0.2, 0) is 0 Å². The van der Waals surface area contributed by atoms with Crippen molar-refractivity contribution in [2.45, 2.75) is 84.0 Å². The fourth-order valence-corrected chi connectivity index (χ4v) is 3.57. The molecule has 23 heavy (non-hydrogen) atoms. The fraction of sp³-hybridized carbons (Fsp3) is 1.00. The highest BCUT2D eigenvalue weighted by Crippen LogP contribution is 2.18. The van der Waals surface area contributed by atoms with Gasteiger partial charge >= 0.3 is 0 Å². The highest BCUT2D eigenvalue weighted by molar-refractivity contribution is 8.93. The third-order valence-electron chi connectivity index (χ3n) is 5.15. The maximum Gasteiger partial charge on any atom is 0.0786 e. The Morgan fingerprint density at radius 1 is 0.739 bits per heavy atom. The van der Waals surface area contributed by atoms with Crippen molar-refractivity contribution in [2.75, 3.05) is 39.8 Å². The summed E-state index contributed by atoms with van der Waals surface area (Å²) in [5.74, 6) is 0. The molecule has 142 valence electrons. The average Bonchev–Trinajstić information content (AvgIpc) is 3.17. The summed E-state index contributed by atoms with van der Waals surface area (Å²) in [6, 6.07) is 0. The average molecular weight is 458 g/mol. The Morgan fingerprint density at radius 3 is 1.65 bits per heavy atom. The Bertz CT molecular complexity index is 220. The molecular weight excluding hydrogens is 416 g/mol. The molecule has 2 nitrogen and oxygen atoms in total. The van der Waals surface area contributed by atoms with Gasteiger partial charge in [0, 0.05) is 12.8 Å². The summed E-state index contributed by atoms with van der Waals surface area (Å²) in [4.78, 5) is 0. The zero-order chi connectivity index (χ0) is 15.2. The van der Waals surface area contributed by atoms with E-state index in [2.05, 4.69) is 19.3 Å². The molecule has 2 aliphatic rings. The molecule has 2 heterocycles. The lowest BCUT2D eigenvalue weighted by molar-refractivity contribution is -0.897. The van der Waals surface area contributed by atoms with E-state index < -0.39 is 0 Å². The van der Waals surface area contributed by atoms with Gasteiger partial charge < -0.3 is 26.8 Å². The Morgan fingerprint density at radius 2 is 1.22 bits per heavy atom. The highest BCUT2D eigenvalue weighted by atomic mass is 79.9. The Balaban J connectivity index is 0. The monoisotopic (exact) mass is 456 g/mol. The molecule has 2 fully saturated rings. The maximum absolute atomic E-state index is 3.22. The van der Waals surface area contributed by atoms with Crippen LogP contribution in [0.3, 0.4) is 0 Å². The fourth-order valence-electron chi connectivity index (χ4n) is 3.57. The molecule has 2 saturated heterocycles. The molecule has 0 bridgehead atoms. The SMILES string of the molecule is Br.C1CCNC1.CCCCCCCCCC[N+]1(C)CCCC1.[Br-]. The van der Waals surface area contributed by atoms with E-state index in [1.165, 1.54) is 114 Å². The summed E-state index contributed by atoms with van der Waals surface area (Å²) in [5, 5.41) is 3.22. The molecule has 0 aromatic rings. The predicted octanol–water partition coefficient (Wildman–Crippen LogP) is 2.32. The number of nitrogens with zero attached hydrogens (tertiary/aromatic N) is 1. The molecule has 0 spiro atoms. The molecular formula is C19H42Br2N2. The second-order valence-electron chi connectivity index (χ2n) is 7.43. The molecule has 0 aliphatic carbocycles. The molecule has 0 aromatic heterocycles. The number of rotatable bonds is 9. The molecule has 0 radical (unpaired) electrons. The molecule has 1 N–H and O–H groups in total. The second-order valence-corrected chi connectivity index (χ2v) is 7.43. The molecule has 0 amide bonds. The first kappa shape index (κ1) is 26.1. The second kappa shape index (κ2) is 17.7. The normalized spacial score (nSPS) is 18.5. The van der Waals surface area contributed by atoms with E-state index in [0.717, 1.165) is 0 Å². The van der Waals surface area contributed by atoms with Crippen LogP contribution in [0.25, 0.3) is 0 Å². The van der Waals surface area contributed by atoms with Gasteiger partial charge in [-0.05, 0) is 38.8 Å². The van der Waals surface area contributed by atoms with Crippen LogP contribution in [0.15, 0.2) is 0 Å². The maximum atomic E-state index is 3.22. The summed E-state index contributed by atoms with van der Waals surface area (Å²) in [6.45, 7) is 9.11. The first-order chi connectivity index (χ1) is 10.3. The third-order valence-corrected chi connectivity index (χ3v) is 5.15. The summed E-state index contributed by atoms with van der Waals surface area (Å²) in [6.07, 6.45) is 17.3. The van der Waals surface area contributed by atoms with Crippen LogP contribution in [-0.4, -0.2) is 44.3 Å². The zero-order valence-corrected chi connectivity index (χ0v) is 19.1. The first-order valence-electron chi connectivity index (χ1n) is 9.81. The lowest BCUT2D eigenvalue weighted by Crippen LogP contribution is -3.00. The topological polar surface area (TPSA) is 12.0 Å². The van der Waals surface area contributed by atoms with Crippen LogP contribution in [0, 0.1) is 0 Å². The lowest BCUT2D eigenvalue weighted by atomic mass is 10.1. The van der Waals surface area contributed by atoms with E-state index in [1.807, 2.05) is 0 Å². The lowest BCUT2D eigenvalue weighted by Gasteiger charge is -2.29. The van der Waals surface area contributed by atoms with Crippen molar-refractivity contribution in [3.05, 3.63) is 0 Å². The highest BCUT2D eigenvalue weighted by Gasteiger charge is 2.25. The van der Waals surface area contributed by atoms with Crippen molar-refractivity contribution in [1.82, 2.24) is 5.32 Å². The minimum atomic E-state index is 0. The van der Waals surface area contributed by atoms with E-state index in [-0.39, 0.29) is 34.0 Å². The largest absolute Gasteiger partial charge is 1.00 e. The van der Waals surface area contributed by atoms with E-state index in [9.17, 15) is 0 Å². The van der Waals surface area contributed by atoms with Gasteiger partial charge in [-0.3, -0.25) is 0 Å². The minimum absolute atomic E-state index is 0. The van der Waals surface area contributed by atoms with Crippen molar-refractivity contribution in [3.8, 4) is 0 Å². The molecule has 0 aromatic carbocycles. The number of hydrogen-bond acceptors (Lipinski definition) is 1. The number of quaternary nitrogens is 1.